The summed E-state index contributed by atoms with van der Waals surface area (Å²) < 4.78 is 5.50. The molecule has 1 saturated heterocycles. The molecule has 200 valence electrons. The summed E-state index contributed by atoms with van der Waals surface area (Å²) in [5, 5.41) is 11.7. The number of rotatable bonds is 10. The lowest BCUT2D eigenvalue weighted by molar-refractivity contribution is -0.140. The first kappa shape index (κ1) is 28.7. The molecule has 1 aliphatic heterocycles. The summed E-state index contributed by atoms with van der Waals surface area (Å²) >= 11 is 6.37. The quantitative estimate of drug-likeness (QED) is 0.227. The molecule has 7 heteroatoms. The van der Waals surface area contributed by atoms with Crippen molar-refractivity contribution in [2.24, 2.45) is 0 Å². The van der Waals surface area contributed by atoms with E-state index in [2.05, 4.69) is 39.5 Å². The molecule has 1 N–H and O–H groups in total. The Labute approximate surface area is 225 Å². The molecule has 0 bridgehead atoms. The first-order valence-corrected chi connectivity index (χ1v) is 13.4. The van der Waals surface area contributed by atoms with Crippen LogP contribution in [-0.2, 0) is 15.0 Å². The van der Waals surface area contributed by atoms with Crippen molar-refractivity contribution in [3.8, 4) is 5.75 Å². The number of ether oxygens (including phenoxy) is 1. The Bertz CT molecular complexity index is 1150. The van der Waals surface area contributed by atoms with Gasteiger partial charge in [-0.05, 0) is 67.7 Å². The van der Waals surface area contributed by atoms with Gasteiger partial charge in [-0.25, -0.2) is 0 Å². The third kappa shape index (κ3) is 6.36. The summed E-state index contributed by atoms with van der Waals surface area (Å²) in [6.45, 7) is 16.0. The van der Waals surface area contributed by atoms with Gasteiger partial charge in [-0.2, -0.15) is 0 Å². The van der Waals surface area contributed by atoms with Crippen molar-refractivity contribution in [3.05, 3.63) is 69.8 Å². The van der Waals surface area contributed by atoms with Crippen LogP contribution in [0.15, 0.2) is 48.0 Å². The third-order valence-electron chi connectivity index (χ3n) is 6.91. The second-order valence-electron chi connectivity index (χ2n) is 10.3. The highest BCUT2D eigenvalue weighted by atomic mass is 35.5. The first-order chi connectivity index (χ1) is 17.5. The molecule has 0 aliphatic carbocycles. The minimum atomic E-state index is -0.685. The van der Waals surface area contributed by atoms with Crippen LogP contribution in [0.2, 0.25) is 5.02 Å². The summed E-state index contributed by atoms with van der Waals surface area (Å²) in [5.41, 5.74) is 2.34. The van der Waals surface area contributed by atoms with Gasteiger partial charge in [0.2, 0.25) is 0 Å². The van der Waals surface area contributed by atoms with Crippen molar-refractivity contribution in [1.82, 2.24) is 9.80 Å². The Morgan fingerprint density at radius 1 is 1.05 bits per heavy atom. The largest absolute Gasteiger partial charge is 0.507 e. The van der Waals surface area contributed by atoms with Gasteiger partial charge in [0.15, 0.2) is 0 Å². The maximum Gasteiger partial charge on any atom is 0.295 e. The van der Waals surface area contributed by atoms with E-state index in [9.17, 15) is 14.7 Å². The van der Waals surface area contributed by atoms with Crippen LogP contribution < -0.4 is 4.74 Å². The Kier molecular flexibility index (Phi) is 9.43. The fourth-order valence-corrected chi connectivity index (χ4v) is 4.94. The van der Waals surface area contributed by atoms with Gasteiger partial charge < -0.3 is 19.6 Å². The van der Waals surface area contributed by atoms with E-state index < -0.39 is 17.7 Å². The molecule has 37 heavy (non-hydrogen) atoms. The van der Waals surface area contributed by atoms with E-state index in [4.69, 9.17) is 16.3 Å². The molecule has 1 atom stereocenters. The van der Waals surface area contributed by atoms with E-state index >= 15 is 0 Å². The Morgan fingerprint density at radius 2 is 1.70 bits per heavy atom. The predicted molar refractivity (Wildman–Crippen MR) is 149 cm³/mol. The van der Waals surface area contributed by atoms with Gasteiger partial charge in [0, 0.05) is 12.1 Å². The maximum absolute atomic E-state index is 13.3. The SMILES string of the molecule is CCOc1ccc(/C(O)=C2\C(=O)C(=O)N(CCCN(CC)CC)C2c2ccc(C(C)(C)C)cc2)cc1Cl. The Morgan fingerprint density at radius 3 is 2.24 bits per heavy atom. The van der Waals surface area contributed by atoms with E-state index in [0.717, 1.165) is 37.2 Å². The van der Waals surface area contributed by atoms with Crippen LogP contribution in [0, 0.1) is 0 Å². The van der Waals surface area contributed by atoms with Crippen LogP contribution in [0.3, 0.4) is 0 Å². The van der Waals surface area contributed by atoms with E-state index in [1.165, 1.54) is 0 Å². The van der Waals surface area contributed by atoms with E-state index in [1.54, 1.807) is 23.1 Å². The summed E-state index contributed by atoms with van der Waals surface area (Å²) in [6.07, 6.45) is 0.722. The monoisotopic (exact) mass is 526 g/mol. The minimum absolute atomic E-state index is 0.0385. The molecule has 2 aromatic rings. The standard InChI is InChI=1S/C30H39ClN2O4/c1-7-32(8-2)17-10-18-33-26(20-11-14-22(15-12-20)30(4,5)6)25(28(35)29(33)36)27(34)21-13-16-24(37-9-3)23(31)19-21/h11-16,19,26,34H,7-10,17-18H2,1-6H3/b27-25+. The van der Waals surface area contributed by atoms with Gasteiger partial charge in [-0.15, -0.1) is 0 Å². The highest BCUT2D eigenvalue weighted by Gasteiger charge is 2.45. The summed E-state index contributed by atoms with van der Waals surface area (Å²) in [6, 6.07) is 12.2. The van der Waals surface area contributed by atoms with Crippen molar-refractivity contribution in [1.29, 1.82) is 0 Å². The lowest BCUT2D eigenvalue weighted by Gasteiger charge is -2.27. The second-order valence-corrected chi connectivity index (χ2v) is 10.7. The third-order valence-corrected chi connectivity index (χ3v) is 7.20. The fourth-order valence-electron chi connectivity index (χ4n) is 4.70. The van der Waals surface area contributed by atoms with Crippen LogP contribution in [0.5, 0.6) is 5.75 Å². The molecule has 1 amide bonds. The van der Waals surface area contributed by atoms with E-state index in [1.807, 2.05) is 31.2 Å². The van der Waals surface area contributed by atoms with E-state index in [0.29, 0.717) is 29.5 Å². The maximum atomic E-state index is 13.3. The topological polar surface area (TPSA) is 70.1 Å². The van der Waals surface area contributed by atoms with Crippen molar-refractivity contribution in [3.63, 3.8) is 0 Å². The molecular weight excluding hydrogens is 488 g/mol. The lowest BCUT2D eigenvalue weighted by Crippen LogP contribution is -2.33. The number of hydrogen-bond donors (Lipinski definition) is 1. The number of carbonyl (C=O) groups excluding carboxylic acids is 2. The highest BCUT2D eigenvalue weighted by molar-refractivity contribution is 6.46. The Hall–Kier alpha value is -2.83. The Balaban J connectivity index is 2.07. The number of halogens is 1. The van der Waals surface area contributed by atoms with Gasteiger partial charge in [0.25, 0.3) is 11.7 Å². The van der Waals surface area contributed by atoms with Crippen molar-refractivity contribution in [2.45, 2.75) is 59.4 Å². The molecule has 1 heterocycles. The molecular formula is C30H39ClN2O4. The second kappa shape index (κ2) is 12.1. The van der Waals surface area contributed by atoms with Gasteiger partial charge >= 0.3 is 0 Å². The predicted octanol–water partition coefficient (Wildman–Crippen LogP) is 6.19. The number of amides is 1. The number of likely N-dealkylation sites (tertiary alicyclic amines) is 1. The number of hydrogen-bond acceptors (Lipinski definition) is 5. The number of Topliss-reactive ketones (excluding diaryl/α,β-unsaturated/α-hetero) is 1. The summed E-state index contributed by atoms with van der Waals surface area (Å²) in [5.74, 6) is -1.02. The van der Waals surface area contributed by atoms with Crippen LogP contribution in [0.1, 0.15) is 70.7 Å². The highest BCUT2D eigenvalue weighted by Crippen LogP contribution is 2.41. The normalized spacial score (nSPS) is 17.6. The number of benzene rings is 2. The van der Waals surface area contributed by atoms with Crippen molar-refractivity contribution < 1.29 is 19.4 Å². The average molecular weight is 527 g/mol. The molecule has 1 aliphatic rings. The van der Waals surface area contributed by atoms with Gasteiger partial charge in [-0.1, -0.05) is 70.5 Å². The van der Waals surface area contributed by atoms with Crippen LogP contribution >= 0.6 is 11.6 Å². The van der Waals surface area contributed by atoms with Crippen LogP contribution in [-0.4, -0.2) is 59.4 Å². The fraction of sp³-hybridized carbons (Fsp3) is 0.467. The molecule has 0 spiro atoms. The summed E-state index contributed by atoms with van der Waals surface area (Å²) in [7, 11) is 0. The smallest absolute Gasteiger partial charge is 0.295 e. The minimum Gasteiger partial charge on any atom is -0.507 e. The van der Waals surface area contributed by atoms with Gasteiger partial charge in [0.05, 0.1) is 23.2 Å². The zero-order chi connectivity index (χ0) is 27.3. The van der Waals surface area contributed by atoms with E-state index in [-0.39, 0.29) is 16.7 Å². The molecule has 0 radical (unpaired) electrons. The number of carbonyl (C=O) groups is 2. The molecule has 0 aromatic heterocycles. The molecule has 0 saturated carbocycles. The molecule has 1 fully saturated rings. The van der Waals surface area contributed by atoms with Crippen LogP contribution in [0.25, 0.3) is 5.76 Å². The van der Waals surface area contributed by atoms with Crippen molar-refractivity contribution >= 4 is 29.1 Å². The van der Waals surface area contributed by atoms with Gasteiger partial charge in [0.1, 0.15) is 11.5 Å². The zero-order valence-corrected chi connectivity index (χ0v) is 23.6. The van der Waals surface area contributed by atoms with Crippen molar-refractivity contribution in [2.75, 3.05) is 32.8 Å². The molecule has 3 rings (SSSR count). The number of aliphatic hydroxyl groups excluding tert-OH is 1. The lowest BCUT2D eigenvalue weighted by atomic mass is 9.85. The zero-order valence-electron chi connectivity index (χ0n) is 22.8. The average Bonchev–Trinajstić information content (AvgIpc) is 3.12. The number of ketones is 1. The number of nitrogens with zero attached hydrogens (tertiary/aromatic N) is 2. The molecule has 6 nitrogen and oxygen atoms in total. The molecule has 1 unspecified atom stereocenters. The number of aliphatic hydroxyl groups is 1. The van der Waals surface area contributed by atoms with Gasteiger partial charge in [-0.3, -0.25) is 9.59 Å². The summed E-state index contributed by atoms with van der Waals surface area (Å²) in [4.78, 5) is 30.5. The van der Waals surface area contributed by atoms with Crippen LogP contribution in [0.4, 0.5) is 0 Å². The first-order valence-electron chi connectivity index (χ1n) is 13.1. The molecule has 2 aromatic carbocycles.